The highest BCUT2D eigenvalue weighted by Gasteiger charge is 2.35. The molecule has 1 atom stereocenters. The summed E-state index contributed by atoms with van der Waals surface area (Å²) < 4.78 is 5.98. The van der Waals surface area contributed by atoms with Gasteiger partial charge in [-0.05, 0) is 56.8 Å². The van der Waals surface area contributed by atoms with E-state index in [-0.39, 0.29) is 11.9 Å². The lowest BCUT2D eigenvalue weighted by molar-refractivity contribution is 0.0621. The number of para-hydroxylation sites is 1. The topological polar surface area (TPSA) is 58.4 Å². The summed E-state index contributed by atoms with van der Waals surface area (Å²) in [5.74, 6) is 1.86. The maximum absolute atomic E-state index is 12.9. The molecule has 1 amide bonds. The molecule has 0 radical (unpaired) electrons. The van der Waals surface area contributed by atoms with E-state index in [4.69, 9.17) is 9.40 Å². The van der Waals surface area contributed by atoms with Crippen molar-refractivity contribution in [3.05, 3.63) is 29.7 Å². The molecule has 1 N–H and O–H groups in total. The molecule has 4 heterocycles. The molecule has 0 spiro atoms. The van der Waals surface area contributed by atoms with Gasteiger partial charge in [-0.25, -0.2) is 4.98 Å². The largest absolute Gasteiger partial charge is 0.440 e. The third-order valence-corrected chi connectivity index (χ3v) is 6.36. The summed E-state index contributed by atoms with van der Waals surface area (Å²) in [7, 11) is 0. The fourth-order valence-corrected chi connectivity index (χ4v) is 4.87. The van der Waals surface area contributed by atoms with Crippen molar-refractivity contribution >= 4 is 17.0 Å². The van der Waals surface area contributed by atoms with Gasteiger partial charge >= 0.3 is 0 Å². The van der Waals surface area contributed by atoms with Gasteiger partial charge in [0.1, 0.15) is 5.52 Å². The zero-order valence-electron chi connectivity index (χ0n) is 14.5. The lowest BCUT2D eigenvalue weighted by atomic mass is 9.84. The van der Waals surface area contributed by atoms with E-state index in [0.717, 1.165) is 36.4 Å². The van der Waals surface area contributed by atoms with Crippen LogP contribution in [0, 0.1) is 5.92 Å². The Bertz CT molecular complexity index is 785. The molecule has 4 aliphatic rings. The lowest BCUT2D eigenvalue weighted by Gasteiger charge is -2.44. The first-order chi connectivity index (χ1) is 12.3. The standard InChI is InChI=1S/C20H25N3O2/c24-19(21-16-12-23-10-8-13(16)9-11-23)15-6-3-7-17-18(15)22-20(25-17)14-4-1-2-5-14/h3,6-7,13-14,16H,1-2,4-5,8-12H2,(H,21,24). The maximum atomic E-state index is 12.9. The Balaban J connectivity index is 1.40. The first-order valence-corrected chi connectivity index (χ1v) is 9.70. The predicted molar refractivity (Wildman–Crippen MR) is 95.6 cm³/mol. The molecule has 132 valence electrons. The molecule has 1 saturated carbocycles. The number of rotatable bonds is 3. The molecule has 1 unspecified atom stereocenters. The molecule has 4 fully saturated rings. The number of benzene rings is 1. The van der Waals surface area contributed by atoms with E-state index < -0.39 is 0 Å². The summed E-state index contributed by atoms with van der Waals surface area (Å²) in [6.45, 7) is 3.35. The van der Waals surface area contributed by atoms with E-state index in [1.165, 1.54) is 38.8 Å². The molecule has 1 aromatic heterocycles. The second-order valence-electron chi connectivity index (χ2n) is 7.90. The van der Waals surface area contributed by atoms with Crippen molar-refractivity contribution in [2.75, 3.05) is 19.6 Å². The molecule has 3 aliphatic heterocycles. The molecule has 2 bridgehead atoms. The van der Waals surface area contributed by atoms with Crippen LogP contribution in [0.5, 0.6) is 0 Å². The van der Waals surface area contributed by atoms with Gasteiger partial charge < -0.3 is 14.6 Å². The van der Waals surface area contributed by atoms with Crippen molar-refractivity contribution in [3.63, 3.8) is 0 Å². The number of amides is 1. The van der Waals surface area contributed by atoms with Gasteiger partial charge in [-0.1, -0.05) is 18.9 Å². The smallest absolute Gasteiger partial charge is 0.253 e. The number of carbonyl (C=O) groups is 1. The van der Waals surface area contributed by atoms with Crippen LogP contribution in [0.2, 0.25) is 0 Å². The van der Waals surface area contributed by atoms with E-state index >= 15 is 0 Å². The Morgan fingerprint density at radius 3 is 2.68 bits per heavy atom. The minimum Gasteiger partial charge on any atom is -0.440 e. The normalized spacial score (nSPS) is 29.4. The van der Waals surface area contributed by atoms with E-state index in [2.05, 4.69) is 10.2 Å². The zero-order valence-corrected chi connectivity index (χ0v) is 14.5. The first kappa shape index (κ1) is 15.4. The van der Waals surface area contributed by atoms with Gasteiger partial charge in [0.05, 0.1) is 5.56 Å². The van der Waals surface area contributed by atoms with Crippen molar-refractivity contribution in [1.82, 2.24) is 15.2 Å². The second-order valence-corrected chi connectivity index (χ2v) is 7.90. The number of fused-ring (bicyclic) bond motifs is 4. The number of nitrogens with zero attached hydrogens (tertiary/aromatic N) is 2. The van der Waals surface area contributed by atoms with Gasteiger partial charge in [-0.2, -0.15) is 0 Å². The molecular weight excluding hydrogens is 314 g/mol. The average molecular weight is 339 g/mol. The SMILES string of the molecule is O=C(NC1CN2CCC1CC2)c1cccc2oc(C3CCCC3)nc12. The summed E-state index contributed by atoms with van der Waals surface area (Å²) in [6.07, 6.45) is 7.18. The van der Waals surface area contributed by atoms with Crippen molar-refractivity contribution in [1.29, 1.82) is 0 Å². The summed E-state index contributed by atoms with van der Waals surface area (Å²) in [4.78, 5) is 20.1. The number of carbonyl (C=O) groups excluding carboxylic acids is 1. The van der Waals surface area contributed by atoms with E-state index in [0.29, 0.717) is 17.4 Å². The van der Waals surface area contributed by atoms with E-state index in [1.807, 2.05) is 18.2 Å². The van der Waals surface area contributed by atoms with Gasteiger partial charge in [-0.15, -0.1) is 0 Å². The molecular formula is C20H25N3O2. The number of oxazole rings is 1. The molecule has 2 aromatic rings. The highest BCUT2D eigenvalue weighted by atomic mass is 16.3. The van der Waals surface area contributed by atoms with E-state index in [1.54, 1.807) is 0 Å². The highest BCUT2D eigenvalue weighted by Crippen LogP contribution is 2.35. The maximum Gasteiger partial charge on any atom is 0.253 e. The highest BCUT2D eigenvalue weighted by molar-refractivity contribution is 6.04. The third-order valence-electron chi connectivity index (χ3n) is 6.36. The summed E-state index contributed by atoms with van der Waals surface area (Å²) in [5, 5.41) is 3.28. The van der Waals surface area contributed by atoms with E-state index in [9.17, 15) is 4.79 Å². The number of hydrogen-bond acceptors (Lipinski definition) is 4. The summed E-state index contributed by atoms with van der Waals surface area (Å²) in [5.41, 5.74) is 2.12. The van der Waals surface area contributed by atoms with Crippen molar-refractivity contribution in [3.8, 4) is 0 Å². The molecule has 3 saturated heterocycles. The van der Waals surface area contributed by atoms with Crippen LogP contribution in [0.25, 0.3) is 11.1 Å². The minimum atomic E-state index is -0.00405. The first-order valence-electron chi connectivity index (χ1n) is 9.70. The molecule has 1 aliphatic carbocycles. The monoisotopic (exact) mass is 339 g/mol. The minimum absolute atomic E-state index is 0.00405. The van der Waals surface area contributed by atoms with Crippen LogP contribution in [-0.2, 0) is 0 Å². The van der Waals surface area contributed by atoms with Crippen LogP contribution in [0.4, 0.5) is 0 Å². The molecule has 6 rings (SSSR count). The third kappa shape index (κ3) is 2.74. The Kier molecular flexibility index (Phi) is 3.77. The van der Waals surface area contributed by atoms with Crippen LogP contribution in [0.3, 0.4) is 0 Å². The van der Waals surface area contributed by atoms with Crippen molar-refractivity contribution in [2.45, 2.75) is 50.5 Å². The number of piperidine rings is 3. The molecule has 5 heteroatoms. The Hall–Kier alpha value is -1.88. The van der Waals surface area contributed by atoms with Gasteiger partial charge in [0.15, 0.2) is 11.5 Å². The summed E-state index contributed by atoms with van der Waals surface area (Å²) >= 11 is 0. The van der Waals surface area contributed by atoms with Crippen molar-refractivity contribution < 1.29 is 9.21 Å². The molecule has 5 nitrogen and oxygen atoms in total. The Morgan fingerprint density at radius 2 is 1.96 bits per heavy atom. The number of hydrogen-bond donors (Lipinski definition) is 1. The zero-order chi connectivity index (χ0) is 16.8. The second kappa shape index (κ2) is 6.13. The Labute approximate surface area is 147 Å². The average Bonchev–Trinajstić information content (AvgIpc) is 3.31. The van der Waals surface area contributed by atoms with Crippen molar-refractivity contribution in [2.24, 2.45) is 5.92 Å². The van der Waals surface area contributed by atoms with Crippen LogP contribution in [0.1, 0.15) is 60.7 Å². The predicted octanol–water partition coefficient (Wildman–Crippen LogP) is 3.31. The van der Waals surface area contributed by atoms with Crippen LogP contribution < -0.4 is 5.32 Å². The van der Waals surface area contributed by atoms with Crippen LogP contribution in [-0.4, -0.2) is 41.5 Å². The van der Waals surface area contributed by atoms with Crippen LogP contribution in [0.15, 0.2) is 22.6 Å². The fourth-order valence-electron chi connectivity index (χ4n) is 4.87. The van der Waals surface area contributed by atoms with Gasteiger partial charge in [0.2, 0.25) is 0 Å². The van der Waals surface area contributed by atoms with Gasteiger partial charge in [0, 0.05) is 18.5 Å². The molecule has 25 heavy (non-hydrogen) atoms. The van der Waals surface area contributed by atoms with Crippen LogP contribution >= 0.6 is 0 Å². The number of aromatic nitrogens is 1. The van der Waals surface area contributed by atoms with Gasteiger partial charge in [0.25, 0.3) is 5.91 Å². The van der Waals surface area contributed by atoms with Gasteiger partial charge in [-0.3, -0.25) is 4.79 Å². The Morgan fingerprint density at radius 1 is 1.16 bits per heavy atom. The number of nitrogens with one attached hydrogen (secondary N) is 1. The molecule has 1 aromatic carbocycles. The fraction of sp³-hybridized carbons (Fsp3) is 0.600. The summed E-state index contributed by atoms with van der Waals surface area (Å²) in [6, 6.07) is 5.97. The quantitative estimate of drug-likeness (QED) is 0.932. The lowest BCUT2D eigenvalue weighted by Crippen LogP contribution is -2.57.